The molecule has 1 amide bonds. The van der Waals surface area contributed by atoms with Gasteiger partial charge in [0.1, 0.15) is 5.75 Å². The summed E-state index contributed by atoms with van der Waals surface area (Å²) in [7, 11) is -0.0944. The second kappa shape index (κ2) is 7.72. The van der Waals surface area contributed by atoms with Gasteiger partial charge in [0.2, 0.25) is 10.0 Å². The van der Waals surface area contributed by atoms with Crippen molar-refractivity contribution in [3.63, 3.8) is 0 Å². The van der Waals surface area contributed by atoms with Crippen LogP contribution in [0.25, 0.3) is 0 Å². The van der Waals surface area contributed by atoms with Gasteiger partial charge in [0.15, 0.2) is 0 Å². The zero-order valence-electron chi connectivity index (χ0n) is 14.2. The Morgan fingerprint density at radius 2 is 2.00 bits per heavy atom. The lowest BCUT2D eigenvalue weighted by atomic mass is 10.0. The second-order valence-corrected chi connectivity index (χ2v) is 8.54. The summed E-state index contributed by atoms with van der Waals surface area (Å²) in [6, 6.07) is 4.86. The van der Waals surface area contributed by atoms with E-state index in [0.717, 1.165) is 0 Å². The summed E-state index contributed by atoms with van der Waals surface area (Å²) in [6.07, 6.45) is 1.24. The van der Waals surface area contributed by atoms with Gasteiger partial charge in [-0.2, -0.15) is 0 Å². The molecule has 6 nitrogen and oxygen atoms in total. The van der Waals surface area contributed by atoms with Crippen molar-refractivity contribution in [3.8, 4) is 5.75 Å². The molecule has 0 bridgehead atoms. The van der Waals surface area contributed by atoms with Crippen molar-refractivity contribution in [3.05, 3.63) is 28.8 Å². The van der Waals surface area contributed by atoms with Crippen LogP contribution in [0, 0.1) is 0 Å². The van der Waals surface area contributed by atoms with Gasteiger partial charge >= 0.3 is 0 Å². The molecule has 0 spiro atoms. The summed E-state index contributed by atoms with van der Waals surface area (Å²) in [5.74, 6) is 0.410. The van der Waals surface area contributed by atoms with Crippen molar-refractivity contribution >= 4 is 27.5 Å². The van der Waals surface area contributed by atoms with Crippen LogP contribution in [0.4, 0.5) is 0 Å². The average molecular weight is 375 g/mol. The van der Waals surface area contributed by atoms with Gasteiger partial charge in [0, 0.05) is 31.2 Å². The first-order valence-electron chi connectivity index (χ1n) is 7.88. The van der Waals surface area contributed by atoms with E-state index in [1.165, 1.54) is 11.4 Å². The van der Waals surface area contributed by atoms with E-state index in [1.54, 1.807) is 37.1 Å². The summed E-state index contributed by atoms with van der Waals surface area (Å²) < 4.78 is 30.6. The van der Waals surface area contributed by atoms with E-state index in [0.29, 0.717) is 42.3 Å². The SMILES string of the molecule is CCS(=O)(=O)N(C)C1CCN(C(=O)c2ccc(Cl)cc2OC)CC1. The third kappa shape index (κ3) is 4.02. The molecular formula is C16H23ClN2O4S. The van der Waals surface area contributed by atoms with Crippen LogP contribution < -0.4 is 4.74 Å². The second-order valence-electron chi connectivity index (χ2n) is 5.78. The number of halogens is 1. The lowest BCUT2D eigenvalue weighted by molar-refractivity contribution is 0.0683. The number of benzene rings is 1. The van der Waals surface area contributed by atoms with Crippen molar-refractivity contribution in [2.75, 3.05) is 33.0 Å². The number of rotatable bonds is 5. The smallest absolute Gasteiger partial charge is 0.257 e. The van der Waals surface area contributed by atoms with E-state index in [1.807, 2.05) is 0 Å². The summed E-state index contributed by atoms with van der Waals surface area (Å²) in [5.41, 5.74) is 0.467. The van der Waals surface area contributed by atoms with Gasteiger partial charge in [-0.05, 0) is 38.0 Å². The Labute approximate surface area is 148 Å². The number of likely N-dealkylation sites (tertiary alicyclic amines) is 1. The van der Waals surface area contributed by atoms with Gasteiger partial charge in [0.25, 0.3) is 5.91 Å². The van der Waals surface area contributed by atoms with Gasteiger partial charge in [-0.15, -0.1) is 0 Å². The van der Waals surface area contributed by atoms with Crippen molar-refractivity contribution in [1.82, 2.24) is 9.21 Å². The quantitative estimate of drug-likeness (QED) is 0.792. The van der Waals surface area contributed by atoms with Crippen molar-refractivity contribution < 1.29 is 17.9 Å². The number of sulfonamides is 1. The highest BCUT2D eigenvalue weighted by atomic mass is 35.5. The maximum atomic E-state index is 12.7. The van der Waals surface area contributed by atoms with E-state index in [2.05, 4.69) is 0 Å². The molecule has 0 N–H and O–H groups in total. The number of nitrogens with zero attached hydrogens (tertiary/aromatic N) is 2. The molecule has 134 valence electrons. The maximum absolute atomic E-state index is 12.7. The Morgan fingerprint density at radius 3 is 2.54 bits per heavy atom. The summed E-state index contributed by atoms with van der Waals surface area (Å²) in [6.45, 7) is 2.66. The number of piperidine rings is 1. The topological polar surface area (TPSA) is 66.9 Å². The Bertz CT molecular complexity index is 700. The molecule has 0 saturated carbocycles. The average Bonchev–Trinajstić information content (AvgIpc) is 2.60. The zero-order chi connectivity index (χ0) is 17.9. The fourth-order valence-corrected chi connectivity index (χ4v) is 4.11. The highest BCUT2D eigenvalue weighted by Gasteiger charge is 2.31. The Hall–Kier alpha value is -1.31. The molecule has 0 atom stereocenters. The van der Waals surface area contributed by atoms with Crippen LogP contribution in [-0.4, -0.2) is 62.6 Å². The minimum absolute atomic E-state index is 0.0638. The Morgan fingerprint density at radius 1 is 1.38 bits per heavy atom. The molecule has 8 heteroatoms. The molecule has 1 heterocycles. The highest BCUT2D eigenvalue weighted by Crippen LogP contribution is 2.26. The monoisotopic (exact) mass is 374 g/mol. The molecule has 2 rings (SSSR count). The molecule has 1 aromatic rings. The molecule has 1 aliphatic heterocycles. The molecular weight excluding hydrogens is 352 g/mol. The van der Waals surface area contributed by atoms with Crippen LogP contribution in [-0.2, 0) is 10.0 Å². The number of hydrogen-bond acceptors (Lipinski definition) is 4. The fourth-order valence-electron chi connectivity index (χ4n) is 2.88. The Kier molecular flexibility index (Phi) is 6.11. The van der Waals surface area contributed by atoms with Crippen LogP contribution in [0.1, 0.15) is 30.1 Å². The minimum Gasteiger partial charge on any atom is -0.496 e. The minimum atomic E-state index is -3.21. The lowest BCUT2D eigenvalue weighted by Crippen LogP contribution is -2.47. The van der Waals surface area contributed by atoms with Crippen molar-refractivity contribution in [1.29, 1.82) is 0 Å². The predicted octanol–water partition coefficient (Wildman–Crippen LogP) is 2.23. The van der Waals surface area contributed by atoms with E-state index < -0.39 is 10.0 Å². The van der Waals surface area contributed by atoms with Gasteiger partial charge < -0.3 is 9.64 Å². The first-order chi connectivity index (χ1) is 11.3. The number of carbonyl (C=O) groups excluding carboxylic acids is 1. The third-order valence-electron chi connectivity index (χ3n) is 4.46. The fraction of sp³-hybridized carbons (Fsp3) is 0.562. The standard InChI is InChI=1S/C16H23ClN2O4S/c1-4-24(21,22)18(2)13-7-9-19(10-8-13)16(20)14-6-5-12(17)11-15(14)23-3/h5-6,11,13H,4,7-10H2,1-3H3. The van der Waals surface area contributed by atoms with Gasteiger partial charge in [-0.3, -0.25) is 4.79 Å². The molecule has 1 saturated heterocycles. The third-order valence-corrected chi connectivity index (χ3v) is 6.60. The number of amides is 1. The first-order valence-corrected chi connectivity index (χ1v) is 9.87. The summed E-state index contributed by atoms with van der Waals surface area (Å²) in [5, 5.41) is 0.508. The van der Waals surface area contributed by atoms with Gasteiger partial charge in [-0.1, -0.05) is 11.6 Å². The number of hydrogen-bond donors (Lipinski definition) is 0. The van der Waals surface area contributed by atoms with Gasteiger partial charge in [-0.25, -0.2) is 12.7 Å². The van der Waals surface area contributed by atoms with E-state index in [9.17, 15) is 13.2 Å². The Balaban J connectivity index is 2.06. The normalized spacial score (nSPS) is 16.5. The molecule has 24 heavy (non-hydrogen) atoms. The van der Waals surface area contributed by atoms with Crippen molar-refractivity contribution in [2.24, 2.45) is 0 Å². The van der Waals surface area contributed by atoms with E-state index in [4.69, 9.17) is 16.3 Å². The van der Waals surface area contributed by atoms with E-state index >= 15 is 0 Å². The van der Waals surface area contributed by atoms with Crippen molar-refractivity contribution in [2.45, 2.75) is 25.8 Å². The molecule has 0 unspecified atom stereocenters. The maximum Gasteiger partial charge on any atom is 0.257 e. The summed E-state index contributed by atoms with van der Waals surface area (Å²) in [4.78, 5) is 14.4. The van der Waals surface area contributed by atoms with Crippen LogP contribution in [0.5, 0.6) is 5.75 Å². The molecule has 1 aliphatic rings. The van der Waals surface area contributed by atoms with Gasteiger partial charge in [0.05, 0.1) is 18.4 Å². The van der Waals surface area contributed by atoms with Crippen LogP contribution in [0.15, 0.2) is 18.2 Å². The number of methoxy groups -OCH3 is 1. The van der Waals surface area contributed by atoms with Crippen LogP contribution >= 0.6 is 11.6 Å². The molecule has 1 fully saturated rings. The predicted molar refractivity (Wildman–Crippen MR) is 94.2 cm³/mol. The number of ether oxygens (including phenoxy) is 1. The number of carbonyl (C=O) groups is 1. The van der Waals surface area contributed by atoms with E-state index in [-0.39, 0.29) is 17.7 Å². The first kappa shape index (κ1) is 19.0. The van der Waals surface area contributed by atoms with Crippen LogP contribution in [0.3, 0.4) is 0 Å². The molecule has 0 aromatic heterocycles. The lowest BCUT2D eigenvalue weighted by Gasteiger charge is -2.36. The molecule has 1 aromatic carbocycles. The highest BCUT2D eigenvalue weighted by molar-refractivity contribution is 7.89. The largest absolute Gasteiger partial charge is 0.496 e. The zero-order valence-corrected chi connectivity index (χ0v) is 15.7. The molecule has 0 aliphatic carbocycles. The summed E-state index contributed by atoms with van der Waals surface area (Å²) >= 11 is 5.93. The molecule has 0 radical (unpaired) electrons. The van der Waals surface area contributed by atoms with Crippen LogP contribution in [0.2, 0.25) is 5.02 Å².